The highest BCUT2D eigenvalue weighted by Gasteiger charge is 2.30. The molecule has 0 radical (unpaired) electrons. The number of urea groups is 1. The second kappa shape index (κ2) is 6.74. The Bertz CT molecular complexity index is 286. The number of carbonyl (C=O) groups is 2. The summed E-state index contributed by atoms with van der Waals surface area (Å²) in [5.41, 5.74) is 0. The van der Waals surface area contributed by atoms with Crippen LogP contribution >= 0.6 is 11.8 Å². The van der Waals surface area contributed by atoms with Crippen LogP contribution in [0.15, 0.2) is 0 Å². The predicted molar refractivity (Wildman–Crippen MR) is 68.3 cm³/mol. The summed E-state index contributed by atoms with van der Waals surface area (Å²) < 4.78 is 0. The molecule has 0 bridgehead atoms. The summed E-state index contributed by atoms with van der Waals surface area (Å²) in [5, 5.41) is 11.7. The lowest BCUT2D eigenvalue weighted by atomic mass is 10.1. The summed E-state index contributed by atoms with van der Waals surface area (Å²) in [5.74, 6) is 0.241. The van der Waals surface area contributed by atoms with Crippen LogP contribution in [0.25, 0.3) is 0 Å². The first-order valence-corrected chi connectivity index (χ1v) is 7.18. The molecule has 0 spiro atoms. The van der Waals surface area contributed by atoms with Gasteiger partial charge in [0.25, 0.3) is 0 Å². The summed E-state index contributed by atoms with van der Waals surface area (Å²) in [6.07, 6.45) is 2.60. The first kappa shape index (κ1) is 14.2. The van der Waals surface area contributed by atoms with Gasteiger partial charge in [0, 0.05) is 19.6 Å². The van der Waals surface area contributed by atoms with E-state index in [4.69, 9.17) is 5.11 Å². The maximum absolute atomic E-state index is 11.7. The van der Waals surface area contributed by atoms with Crippen molar-refractivity contribution in [3.05, 3.63) is 0 Å². The normalized spacial score (nSPS) is 21.3. The van der Waals surface area contributed by atoms with E-state index in [1.54, 1.807) is 16.7 Å². The number of amides is 2. The third-order valence-corrected chi connectivity index (χ3v) is 3.78. The highest BCUT2D eigenvalue weighted by atomic mass is 32.2. The van der Waals surface area contributed by atoms with Gasteiger partial charge in [0.1, 0.15) is 0 Å². The summed E-state index contributed by atoms with van der Waals surface area (Å²) >= 11 is 1.76. The van der Waals surface area contributed by atoms with Crippen molar-refractivity contribution < 1.29 is 14.7 Å². The van der Waals surface area contributed by atoms with E-state index in [0.29, 0.717) is 32.0 Å². The number of carbonyl (C=O) groups excluding carboxylic acids is 1. The van der Waals surface area contributed by atoms with Gasteiger partial charge in [0.15, 0.2) is 0 Å². The number of aliphatic carboxylic acids is 1. The molecule has 6 heteroatoms. The zero-order chi connectivity index (χ0) is 12.8. The largest absolute Gasteiger partial charge is 0.481 e. The maximum Gasteiger partial charge on any atom is 0.317 e. The van der Waals surface area contributed by atoms with Gasteiger partial charge >= 0.3 is 12.0 Å². The van der Waals surface area contributed by atoms with Crippen molar-refractivity contribution >= 4 is 23.8 Å². The van der Waals surface area contributed by atoms with E-state index in [2.05, 4.69) is 12.2 Å². The molecule has 1 heterocycles. The first-order valence-electron chi connectivity index (χ1n) is 5.79. The van der Waals surface area contributed by atoms with Crippen molar-refractivity contribution in [2.24, 2.45) is 11.8 Å². The van der Waals surface area contributed by atoms with Crippen LogP contribution in [0.4, 0.5) is 4.79 Å². The molecule has 2 amide bonds. The summed E-state index contributed by atoms with van der Waals surface area (Å²) in [6.45, 7) is 3.60. The maximum atomic E-state index is 11.7. The Hall–Kier alpha value is -0.910. The van der Waals surface area contributed by atoms with Gasteiger partial charge in [0.2, 0.25) is 0 Å². The molecule has 0 aromatic heterocycles. The topological polar surface area (TPSA) is 69.6 Å². The lowest BCUT2D eigenvalue weighted by Gasteiger charge is -2.18. The number of hydrogen-bond acceptors (Lipinski definition) is 3. The molecule has 2 unspecified atom stereocenters. The van der Waals surface area contributed by atoms with Gasteiger partial charge in [0.05, 0.1) is 5.92 Å². The second-order valence-corrected chi connectivity index (χ2v) is 5.43. The first-order chi connectivity index (χ1) is 8.04. The van der Waals surface area contributed by atoms with Crippen LogP contribution in [0, 0.1) is 11.8 Å². The van der Waals surface area contributed by atoms with Crippen molar-refractivity contribution in [1.29, 1.82) is 0 Å². The number of carboxylic acid groups (broad SMARTS) is 1. The van der Waals surface area contributed by atoms with Crippen LogP contribution in [0.3, 0.4) is 0 Å². The molecule has 2 atom stereocenters. The zero-order valence-electron chi connectivity index (χ0n) is 10.3. The molecule has 1 fully saturated rings. The number of rotatable bonds is 5. The van der Waals surface area contributed by atoms with Gasteiger partial charge in [-0.05, 0) is 24.3 Å². The van der Waals surface area contributed by atoms with Crippen molar-refractivity contribution in [2.75, 3.05) is 31.6 Å². The highest BCUT2D eigenvalue weighted by Crippen LogP contribution is 2.16. The number of hydrogen-bond donors (Lipinski definition) is 2. The average Bonchev–Trinajstić information content (AvgIpc) is 2.75. The Morgan fingerprint density at radius 2 is 2.29 bits per heavy atom. The Kier molecular flexibility index (Phi) is 5.61. The summed E-state index contributed by atoms with van der Waals surface area (Å²) in [4.78, 5) is 24.1. The van der Waals surface area contributed by atoms with Crippen molar-refractivity contribution in [3.8, 4) is 0 Å². The van der Waals surface area contributed by atoms with E-state index in [1.807, 2.05) is 6.26 Å². The molecule has 5 nitrogen and oxygen atoms in total. The molecule has 17 heavy (non-hydrogen) atoms. The van der Waals surface area contributed by atoms with Crippen molar-refractivity contribution in [1.82, 2.24) is 10.2 Å². The van der Waals surface area contributed by atoms with Gasteiger partial charge in [-0.15, -0.1) is 0 Å². The third-order valence-electron chi connectivity index (χ3n) is 2.88. The number of thioether (sulfide) groups is 1. The van der Waals surface area contributed by atoms with E-state index in [0.717, 1.165) is 5.75 Å². The van der Waals surface area contributed by atoms with Crippen LogP contribution in [0.1, 0.15) is 13.3 Å². The van der Waals surface area contributed by atoms with E-state index in [9.17, 15) is 9.59 Å². The quantitative estimate of drug-likeness (QED) is 0.776. The minimum Gasteiger partial charge on any atom is -0.481 e. The SMILES string of the molecule is CSCC(C)CNC(=O)N1CCC(C(=O)O)C1. The summed E-state index contributed by atoms with van der Waals surface area (Å²) in [6, 6.07) is -0.137. The predicted octanol–water partition coefficient (Wildman–Crippen LogP) is 1.10. The number of likely N-dealkylation sites (tertiary alicyclic amines) is 1. The molecule has 0 saturated carbocycles. The van der Waals surface area contributed by atoms with E-state index < -0.39 is 11.9 Å². The fourth-order valence-corrected chi connectivity index (χ4v) is 2.55. The second-order valence-electron chi connectivity index (χ2n) is 4.52. The molecule has 0 aliphatic carbocycles. The van der Waals surface area contributed by atoms with E-state index in [-0.39, 0.29) is 6.03 Å². The monoisotopic (exact) mass is 260 g/mol. The van der Waals surface area contributed by atoms with Crippen LogP contribution in [0.5, 0.6) is 0 Å². The Morgan fingerprint density at radius 3 is 2.82 bits per heavy atom. The molecule has 1 saturated heterocycles. The van der Waals surface area contributed by atoms with E-state index in [1.165, 1.54) is 0 Å². The summed E-state index contributed by atoms with van der Waals surface area (Å²) in [7, 11) is 0. The standard InChI is InChI=1S/C11H20N2O3S/c1-8(7-17-2)5-12-11(16)13-4-3-9(6-13)10(14)15/h8-9H,3-7H2,1-2H3,(H,12,16)(H,14,15). The van der Waals surface area contributed by atoms with Crippen LogP contribution in [-0.2, 0) is 4.79 Å². The van der Waals surface area contributed by atoms with Gasteiger partial charge < -0.3 is 15.3 Å². The number of nitrogens with one attached hydrogen (secondary N) is 1. The van der Waals surface area contributed by atoms with Crippen molar-refractivity contribution in [3.63, 3.8) is 0 Å². The molecule has 1 rings (SSSR count). The molecule has 0 aromatic rings. The average molecular weight is 260 g/mol. The molecular formula is C11H20N2O3S. The lowest BCUT2D eigenvalue weighted by Crippen LogP contribution is -2.40. The minimum atomic E-state index is -0.809. The Balaban J connectivity index is 2.27. The molecule has 1 aliphatic heterocycles. The number of nitrogens with zero attached hydrogens (tertiary/aromatic N) is 1. The minimum absolute atomic E-state index is 0.137. The van der Waals surface area contributed by atoms with Gasteiger partial charge in [-0.1, -0.05) is 6.92 Å². The smallest absolute Gasteiger partial charge is 0.317 e. The molecular weight excluding hydrogens is 240 g/mol. The van der Waals surface area contributed by atoms with Crippen LogP contribution in [-0.4, -0.2) is 53.6 Å². The van der Waals surface area contributed by atoms with E-state index >= 15 is 0 Å². The third kappa shape index (κ3) is 4.46. The Labute approximate surface area is 106 Å². The zero-order valence-corrected chi connectivity index (χ0v) is 11.1. The fraction of sp³-hybridized carbons (Fsp3) is 0.818. The molecule has 2 N–H and O–H groups in total. The molecule has 0 aromatic carbocycles. The lowest BCUT2D eigenvalue weighted by molar-refractivity contribution is -0.141. The van der Waals surface area contributed by atoms with Gasteiger partial charge in [-0.2, -0.15) is 11.8 Å². The molecule has 98 valence electrons. The molecule has 1 aliphatic rings. The van der Waals surface area contributed by atoms with Crippen molar-refractivity contribution in [2.45, 2.75) is 13.3 Å². The van der Waals surface area contributed by atoms with Gasteiger partial charge in [-0.3, -0.25) is 4.79 Å². The number of carboxylic acids is 1. The Morgan fingerprint density at radius 1 is 1.59 bits per heavy atom. The van der Waals surface area contributed by atoms with Crippen LogP contribution in [0.2, 0.25) is 0 Å². The highest BCUT2D eigenvalue weighted by molar-refractivity contribution is 7.98. The van der Waals surface area contributed by atoms with Gasteiger partial charge in [-0.25, -0.2) is 4.79 Å². The van der Waals surface area contributed by atoms with Crippen LogP contribution < -0.4 is 5.32 Å². The fourth-order valence-electron chi connectivity index (χ4n) is 1.86.